The normalized spacial score (nSPS) is 34.1. The molecule has 11 heteroatoms. The molecular weight excluding hydrogens is 428 g/mol. The minimum Gasteiger partial charge on any atom is -0.387 e. The number of aromatic nitrogens is 4. The van der Waals surface area contributed by atoms with E-state index < -0.39 is 36.0 Å². The maximum absolute atomic E-state index is 12.4. The third kappa shape index (κ3) is 4.27. The molecule has 3 aliphatic rings. The van der Waals surface area contributed by atoms with Crippen molar-refractivity contribution in [2.75, 3.05) is 5.73 Å². The van der Waals surface area contributed by atoms with E-state index in [0.717, 1.165) is 25.7 Å². The first-order valence-electron chi connectivity index (χ1n) is 11.3. The quantitative estimate of drug-likeness (QED) is 0.386. The number of nitrogen functional groups attached to an aromatic ring is 1. The zero-order chi connectivity index (χ0) is 23.3. The van der Waals surface area contributed by atoms with Gasteiger partial charge in [-0.1, -0.05) is 19.3 Å². The first-order chi connectivity index (χ1) is 15.7. The number of nitrogens with two attached hydrogens (primary N) is 1. The smallest absolute Gasteiger partial charge is 0.252 e. The number of hydrogen-bond donors (Lipinski definition) is 5. The second kappa shape index (κ2) is 8.22. The summed E-state index contributed by atoms with van der Waals surface area (Å²) in [5, 5.41) is 34.6. The Morgan fingerprint density at radius 3 is 2.82 bits per heavy atom. The molecule has 0 aromatic carbocycles. The second-order valence-electron chi connectivity index (χ2n) is 9.45. The van der Waals surface area contributed by atoms with Crippen LogP contribution >= 0.6 is 0 Å². The van der Waals surface area contributed by atoms with Crippen LogP contribution in [0, 0.1) is 17.8 Å². The van der Waals surface area contributed by atoms with E-state index in [4.69, 9.17) is 10.5 Å². The Balaban J connectivity index is 1.43. The molecule has 1 saturated heterocycles. The van der Waals surface area contributed by atoms with Crippen molar-refractivity contribution in [3.8, 4) is 11.8 Å². The standard InChI is InChI=1S/C22H28N6O5/c1-11-3-2-7-22(32,9-11)8-6-13-26-18(23)14-19(27-13)28(10-24-14)21-16(30)15(29)17(33-21)20(31)25-12-4-5-12/h10-12,15-17,21,29-30,32H,2-5,7,9H2,1H3,(H,25,31)(H2,23,26,27)/t11-,15-,16+,17+,21?,22?/m1/s1. The number of nitrogens with one attached hydrogen (secondary N) is 1. The van der Waals surface area contributed by atoms with Crippen LogP contribution in [-0.2, 0) is 9.53 Å². The van der Waals surface area contributed by atoms with Gasteiger partial charge in [0.15, 0.2) is 23.8 Å². The molecule has 176 valence electrons. The zero-order valence-corrected chi connectivity index (χ0v) is 18.3. The molecule has 1 amide bonds. The summed E-state index contributed by atoms with van der Waals surface area (Å²) in [6.07, 6.45) is 1.17. The first-order valence-corrected chi connectivity index (χ1v) is 11.3. The summed E-state index contributed by atoms with van der Waals surface area (Å²) < 4.78 is 7.14. The van der Waals surface area contributed by atoms with Crippen molar-refractivity contribution in [3.05, 3.63) is 12.2 Å². The zero-order valence-electron chi connectivity index (χ0n) is 18.3. The molecule has 0 spiro atoms. The van der Waals surface area contributed by atoms with E-state index >= 15 is 0 Å². The summed E-state index contributed by atoms with van der Waals surface area (Å²) in [5.74, 6) is 5.83. The fourth-order valence-electron chi connectivity index (χ4n) is 4.61. The van der Waals surface area contributed by atoms with Gasteiger partial charge < -0.3 is 31.1 Å². The topological polar surface area (TPSA) is 169 Å². The third-order valence-corrected chi connectivity index (χ3v) is 6.52. The van der Waals surface area contributed by atoms with Gasteiger partial charge in [-0.2, -0.15) is 0 Å². The Morgan fingerprint density at radius 2 is 2.09 bits per heavy atom. The highest BCUT2D eigenvalue weighted by atomic mass is 16.6. The molecule has 33 heavy (non-hydrogen) atoms. The van der Waals surface area contributed by atoms with Gasteiger partial charge in [0.1, 0.15) is 23.3 Å². The summed E-state index contributed by atoms with van der Waals surface area (Å²) in [7, 11) is 0. The molecule has 0 bridgehead atoms. The number of aliphatic hydroxyl groups excluding tert-OH is 2. The van der Waals surface area contributed by atoms with Crippen molar-refractivity contribution in [1.29, 1.82) is 0 Å². The van der Waals surface area contributed by atoms with Gasteiger partial charge in [0.05, 0.1) is 6.33 Å². The highest BCUT2D eigenvalue weighted by Crippen LogP contribution is 2.34. The van der Waals surface area contributed by atoms with Crippen LogP contribution in [-0.4, -0.2) is 70.7 Å². The number of nitrogens with zero attached hydrogens (tertiary/aromatic N) is 4. The Bertz CT molecular complexity index is 1140. The molecule has 1 aliphatic heterocycles. The van der Waals surface area contributed by atoms with Crippen molar-refractivity contribution in [3.63, 3.8) is 0 Å². The molecule has 11 nitrogen and oxygen atoms in total. The van der Waals surface area contributed by atoms with Crippen LogP contribution < -0.4 is 11.1 Å². The van der Waals surface area contributed by atoms with E-state index in [1.807, 2.05) is 0 Å². The predicted octanol–water partition coefficient (Wildman–Crippen LogP) is -0.401. The van der Waals surface area contributed by atoms with Crippen LogP contribution in [0.1, 0.15) is 57.5 Å². The summed E-state index contributed by atoms with van der Waals surface area (Å²) >= 11 is 0. The van der Waals surface area contributed by atoms with E-state index in [0.29, 0.717) is 18.8 Å². The molecular formula is C22H28N6O5. The summed E-state index contributed by atoms with van der Waals surface area (Å²) in [6, 6.07) is 0.0919. The largest absolute Gasteiger partial charge is 0.387 e. The molecule has 6 N–H and O–H groups in total. The summed E-state index contributed by atoms with van der Waals surface area (Å²) in [6.45, 7) is 2.09. The van der Waals surface area contributed by atoms with Crippen LogP contribution in [0.2, 0.25) is 0 Å². The van der Waals surface area contributed by atoms with Crippen molar-refractivity contribution in [2.24, 2.45) is 5.92 Å². The number of carbonyl (C=O) groups is 1. The van der Waals surface area contributed by atoms with Crippen LogP contribution in [0.5, 0.6) is 0 Å². The van der Waals surface area contributed by atoms with Gasteiger partial charge in [-0.15, -0.1) is 0 Å². The van der Waals surface area contributed by atoms with Gasteiger partial charge in [-0.3, -0.25) is 9.36 Å². The molecule has 2 aromatic heterocycles. The van der Waals surface area contributed by atoms with Gasteiger partial charge in [0.25, 0.3) is 5.91 Å². The lowest BCUT2D eigenvalue weighted by molar-refractivity contribution is -0.137. The fraction of sp³-hybridized carbons (Fsp3) is 0.636. The van der Waals surface area contributed by atoms with Gasteiger partial charge in [0.2, 0.25) is 5.82 Å². The third-order valence-electron chi connectivity index (χ3n) is 6.52. The van der Waals surface area contributed by atoms with Gasteiger partial charge in [-0.25, -0.2) is 15.0 Å². The van der Waals surface area contributed by atoms with E-state index in [-0.39, 0.29) is 28.8 Å². The van der Waals surface area contributed by atoms with Crippen LogP contribution in [0.3, 0.4) is 0 Å². The maximum atomic E-state index is 12.4. The lowest BCUT2D eigenvalue weighted by Crippen LogP contribution is -2.43. The van der Waals surface area contributed by atoms with Gasteiger partial charge >= 0.3 is 0 Å². The number of aliphatic hydroxyl groups is 3. The van der Waals surface area contributed by atoms with Crippen LogP contribution in [0.25, 0.3) is 11.2 Å². The predicted molar refractivity (Wildman–Crippen MR) is 116 cm³/mol. The Labute approximate surface area is 190 Å². The molecule has 2 aromatic rings. The Morgan fingerprint density at radius 1 is 1.30 bits per heavy atom. The highest BCUT2D eigenvalue weighted by Gasteiger charge is 2.48. The van der Waals surface area contributed by atoms with E-state index in [1.165, 1.54) is 10.9 Å². The molecule has 3 heterocycles. The number of fused-ring (bicyclic) bond motifs is 1. The monoisotopic (exact) mass is 456 g/mol. The number of ether oxygens (including phenoxy) is 1. The minimum atomic E-state index is -1.41. The molecule has 5 rings (SSSR count). The Kier molecular flexibility index (Phi) is 5.49. The second-order valence-corrected chi connectivity index (χ2v) is 9.45. The van der Waals surface area contributed by atoms with E-state index in [1.54, 1.807) is 0 Å². The average molecular weight is 457 g/mol. The highest BCUT2D eigenvalue weighted by molar-refractivity contribution is 5.83. The number of rotatable bonds is 3. The van der Waals surface area contributed by atoms with Crippen molar-refractivity contribution in [1.82, 2.24) is 24.8 Å². The number of carbonyl (C=O) groups excluding carboxylic acids is 1. The SMILES string of the molecule is C[C@@H]1CCCC(O)(C#Cc2nc(N)c3ncn(C4O[C@H](C(=O)NC5CC5)[C@H](O)[C@@H]4O)c3n2)C1. The number of imidazole rings is 1. The molecule has 2 aliphatic carbocycles. The molecule has 3 fully saturated rings. The first kappa shape index (κ1) is 22.0. The lowest BCUT2D eigenvalue weighted by atomic mass is 9.79. The average Bonchev–Trinajstić information content (AvgIpc) is 3.40. The minimum absolute atomic E-state index is 0.0862. The van der Waals surface area contributed by atoms with Gasteiger partial charge in [-0.05, 0) is 43.9 Å². The fourth-order valence-corrected chi connectivity index (χ4v) is 4.61. The van der Waals surface area contributed by atoms with Crippen molar-refractivity contribution in [2.45, 2.75) is 81.6 Å². The van der Waals surface area contributed by atoms with Crippen molar-refractivity contribution >= 4 is 22.9 Å². The Hall–Kier alpha value is -2.78. The molecule has 6 atom stereocenters. The number of anilines is 1. The van der Waals surface area contributed by atoms with E-state index in [9.17, 15) is 20.1 Å². The summed E-state index contributed by atoms with van der Waals surface area (Å²) in [4.78, 5) is 25.2. The maximum Gasteiger partial charge on any atom is 0.252 e. The van der Waals surface area contributed by atoms with Crippen molar-refractivity contribution < 1.29 is 24.9 Å². The van der Waals surface area contributed by atoms with Crippen LogP contribution in [0.4, 0.5) is 5.82 Å². The molecule has 2 unspecified atom stereocenters. The number of amides is 1. The number of hydrogen-bond acceptors (Lipinski definition) is 9. The molecule has 2 saturated carbocycles. The molecule has 0 radical (unpaired) electrons. The van der Waals surface area contributed by atoms with E-state index in [2.05, 4.69) is 39.0 Å². The van der Waals surface area contributed by atoms with Crippen LogP contribution in [0.15, 0.2) is 6.33 Å². The van der Waals surface area contributed by atoms with Gasteiger partial charge in [0, 0.05) is 6.04 Å². The summed E-state index contributed by atoms with van der Waals surface area (Å²) in [5.41, 5.74) is 5.49. The lowest BCUT2D eigenvalue weighted by Gasteiger charge is -2.30.